The third-order valence-corrected chi connectivity index (χ3v) is 6.16. The predicted octanol–water partition coefficient (Wildman–Crippen LogP) is 6.04. The largest absolute Gasteiger partial charge is 0.324 e. The number of anilines is 1. The third kappa shape index (κ3) is 3.67. The molecular weight excluding hydrogens is 394 g/mol. The number of nitrogens with one attached hydrogen (secondary N) is 1. The number of hydrogen-bond donors (Lipinski definition) is 1. The normalized spacial score (nSPS) is 20.3. The van der Waals surface area contributed by atoms with Crippen molar-refractivity contribution in [3.8, 4) is 0 Å². The molecule has 1 saturated carbocycles. The van der Waals surface area contributed by atoms with Crippen molar-refractivity contribution in [1.29, 1.82) is 0 Å². The van der Waals surface area contributed by atoms with Crippen LogP contribution < -0.4 is 5.32 Å². The molecule has 5 heteroatoms. The van der Waals surface area contributed by atoms with Gasteiger partial charge < -0.3 is 5.32 Å². The highest BCUT2D eigenvalue weighted by Gasteiger charge is 2.47. The Hall–Kier alpha value is -3.60. The van der Waals surface area contributed by atoms with Gasteiger partial charge in [0.25, 0.3) is 0 Å². The molecule has 3 aromatic carbocycles. The Morgan fingerprint density at radius 1 is 0.806 bits per heavy atom. The van der Waals surface area contributed by atoms with Crippen LogP contribution in [0.3, 0.4) is 0 Å². The molecule has 0 radical (unpaired) electrons. The lowest BCUT2D eigenvalue weighted by molar-refractivity contribution is -0.124. The molecule has 1 aromatic heterocycles. The van der Waals surface area contributed by atoms with Crippen LogP contribution in [0.25, 0.3) is 10.9 Å². The van der Waals surface area contributed by atoms with Crippen LogP contribution in [0.15, 0.2) is 85.1 Å². The van der Waals surface area contributed by atoms with Crippen LogP contribution >= 0.6 is 0 Å². The van der Waals surface area contributed by atoms with E-state index in [2.05, 4.69) is 10.3 Å². The van der Waals surface area contributed by atoms with Gasteiger partial charge in [0, 0.05) is 11.6 Å². The molecule has 1 N–H and O–H groups in total. The predicted molar refractivity (Wildman–Crippen MR) is 117 cm³/mol. The summed E-state index contributed by atoms with van der Waals surface area (Å²) in [5, 5.41) is 4.00. The number of benzene rings is 3. The Bertz CT molecular complexity index is 1180. The molecule has 154 valence electrons. The van der Waals surface area contributed by atoms with Crippen LogP contribution in [0.1, 0.15) is 29.4 Å². The van der Waals surface area contributed by atoms with E-state index in [1.165, 1.54) is 24.3 Å². The number of fused-ring (bicyclic) bond motifs is 1. The van der Waals surface area contributed by atoms with Gasteiger partial charge in [-0.15, -0.1) is 0 Å². The maximum atomic E-state index is 13.5. The smallest absolute Gasteiger partial charge is 0.228 e. The molecule has 0 bridgehead atoms. The molecule has 0 saturated heterocycles. The average Bonchev–Trinajstić information content (AvgIpc) is 2.76. The summed E-state index contributed by atoms with van der Waals surface area (Å²) in [5.41, 5.74) is 3.24. The highest BCUT2D eigenvalue weighted by Crippen LogP contribution is 2.53. The number of pyridine rings is 1. The Morgan fingerprint density at radius 3 is 2.00 bits per heavy atom. The molecule has 31 heavy (non-hydrogen) atoms. The molecule has 4 aromatic rings. The molecule has 1 heterocycles. The summed E-state index contributed by atoms with van der Waals surface area (Å²) < 4.78 is 26.8. The summed E-state index contributed by atoms with van der Waals surface area (Å²) in [7, 11) is 0. The van der Waals surface area contributed by atoms with Crippen molar-refractivity contribution in [2.45, 2.75) is 18.3 Å². The summed E-state index contributed by atoms with van der Waals surface area (Å²) in [6.07, 6.45) is 2.44. The monoisotopic (exact) mass is 414 g/mol. The molecule has 1 fully saturated rings. The molecule has 0 aliphatic heterocycles. The van der Waals surface area contributed by atoms with Gasteiger partial charge >= 0.3 is 0 Å². The van der Waals surface area contributed by atoms with Crippen molar-refractivity contribution in [2.75, 3.05) is 5.32 Å². The second-order valence-electron chi connectivity index (χ2n) is 7.95. The van der Waals surface area contributed by atoms with Crippen LogP contribution in [0.5, 0.6) is 0 Å². The number of carbonyl (C=O) groups excluding carboxylic acids is 1. The zero-order valence-corrected chi connectivity index (χ0v) is 16.6. The molecular formula is C26H20F2N2O. The van der Waals surface area contributed by atoms with Gasteiger partial charge in [0.15, 0.2) is 0 Å². The first-order chi connectivity index (χ1) is 15.1. The fourth-order valence-corrected chi connectivity index (χ4v) is 4.54. The average molecular weight is 414 g/mol. The Balaban J connectivity index is 1.48. The van der Waals surface area contributed by atoms with Crippen LogP contribution in [-0.4, -0.2) is 10.9 Å². The van der Waals surface area contributed by atoms with Gasteiger partial charge in [-0.25, -0.2) is 8.78 Å². The topological polar surface area (TPSA) is 42.0 Å². The number of para-hydroxylation sites is 1. The highest BCUT2D eigenvalue weighted by atomic mass is 19.1. The van der Waals surface area contributed by atoms with Crippen molar-refractivity contribution in [1.82, 2.24) is 4.98 Å². The summed E-state index contributed by atoms with van der Waals surface area (Å²) >= 11 is 0. The maximum absolute atomic E-state index is 13.5. The van der Waals surface area contributed by atoms with E-state index in [-0.39, 0.29) is 35.3 Å². The van der Waals surface area contributed by atoms with E-state index in [0.29, 0.717) is 5.69 Å². The van der Waals surface area contributed by atoms with Gasteiger partial charge in [0.1, 0.15) is 11.6 Å². The lowest BCUT2D eigenvalue weighted by atomic mass is 9.59. The first-order valence-electron chi connectivity index (χ1n) is 10.3. The molecule has 0 spiro atoms. The van der Waals surface area contributed by atoms with Crippen LogP contribution in [0.4, 0.5) is 14.5 Å². The minimum Gasteiger partial charge on any atom is -0.324 e. The zero-order chi connectivity index (χ0) is 21.4. The molecule has 1 unspecified atom stereocenters. The Labute approximate surface area is 178 Å². The quantitative estimate of drug-likeness (QED) is 0.442. The van der Waals surface area contributed by atoms with Gasteiger partial charge in [-0.05, 0) is 65.8 Å². The van der Waals surface area contributed by atoms with E-state index in [0.717, 1.165) is 28.5 Å². The summed E-state index contributed by atoms with van der Waals surface area (Å²) in [5.74, 6) is -1.16. The number of hydrogen-bond acceptors (Lipinski definition) is 2. The summed E-state index contributed by atoms with van der Waals surface area (Å²) in [4.78, 5) is 17.9. The van der Waals surface area contributed by atoms with E-state index in [9.17, 15) is 13.6 Å². The fraction of sp³-hybridized carbons (Fsp3) is 0.154. The number of nitrogens with zero attached hydrogens (tertiary/aromatic N) is 1. The molecule has 1 aliphatic rings. The minimum absolute atomic E-state index is 0.0430. The number of amides is 1. The molecule has 3 nitrogen and oxygen atoms in total. The van der Waals surface area contributed by atoms with Crippen molar-refractivity contribution < 1.29 is 13.6 Å². The lowest BCUT2D eigenvalue weighted by Gasteiger charge is -2.44. The summed E-state index contributed by atoms with van der Waals surface area (Å²) in [6.45, 7) is 0. The van der Waals surface area contributed by atoms with Gasteiger partial charge in [-0.1, -0.05) is 42.5 Å². The maximum Gasteiger partial charge on any atom is 0.228 e. The minimum atomic E-state index is -0.352. The van der Waals surface area contributed by atoms with E-state index in [1.807, 2.05) is 30.3 Å². The molecule has 5 rings (SSSR count). The zero-order valence-electron chi connectivity index (χ0n) is 16.6. The summed E-state index contributed by atoms with van der Waals surface area (Å²) in [6, 6.07) is 22.1. The van der Waals surface area contributed by atoms with Crippen LogP contribution in [0, 0.1) is 17.6 Å². The van der Waals surface area contributed by atoms with Crippen molar-refractivity contribution in [3.63, 3.8) is 0 Å². The number of rotatable bonds is 4. The number of aromatic nitrogens is 1. The van der Waals surface area contributed by atoms with Crippen molar-refractivity contribution in [3.05, 3.63) is 108 Å². The van der Waals surface area contributed by atoms with Gasteiger partial charge in [-0.3, -0.25) is 9.78 Å². The van der Waals surface area contributed by atoms with Crippen LogP contribution in [-0.2, 0) is 4.79 Å². The van der Waals surface area contributed by atoms with E-state index in [4.69, 9.17) is 0 Å². The molecule has 1 aliphatic carbocycles. The molecule has 1 amide bonds. The second-order valence-corrected chi connectivity index (χ2v) is 7.95. The number of halogens is 2. The van der Waals surface area contributed by atoms with E-state index < -0.39 is 0 Å². The van der Waals surface area contributed by atoms with Gasteiger partial charge in [0.05, 0.1) is 17.1 Å². The van der Waals surface area contributed by atoms with Crippen LogP contribution in [0.2, 0.25) is 0 Å². The lowest BCUT2D eigenvalue weighted by Crippen LogP contribution is -2.42. The highest BCUT2D eigenvalue weighted by molar-refractivity contribution is 6.02. The van der Waals surface area contributed by atoms with Gasteiger partial charge in [-0.2, -0.15) is 0 Å². The van der Waals surface area contributed by atoms with Gasteiger partial charge in [0.2, 0.25) is 5.91 Å². The Morgan fingerprint density at radius 2 is 1.39 bits per heavy atom. The standard InChI is InChI=1S/C26H20F2N2O/c27-19-10-6-16(7-11-19)21-15-22(17-8-12-20(28)13-9-17)24(21)26(31)30-23-5-1-3-18-4-2-14-29-25(18)23/h1-14,21-22,24H,15H2,(H,30,31)/t21-,22+,24?. The third-order valence-electron chi connectivity index (χ3n) is 6.16. The second kappa shape index (κ2) is 7.91. The fourth-order valence-electron chi connectivity index (χ4n) is 4.54. The Kier molecular flexibility index (Phi) is 4.94. The first-order valence-corrected chi connectivity index (χ1v) is 10.3. The number of carbonyl (C=O) groups is 1. The van der Waals surface area contributed by atoms with Crippen molar-refractivity contribution in [2.24, 2.45) is 5.92 Å². The first kappa shape index (κ1) is 19.4. The van der Waals surface area contributed by atoms with E-state index in [1.54, 1.807) is 30.5 Å². The van der Waals surface area contributed by atoms with E-state index >= 15 is 0 Å². The SMILES string of the molecule is O=C(Nc1cccc2cccnc12)C1[C@@H](c2ccc(F)cc2)C[C@H]1c1ccc(F)cc1. The molecule has 3 atom stereocenters. The van der Waals surface area contributed by atoms with Crippen molar-refractivity contribution >= 4 is 22.5 Å².